The molecule has 19 heavy (non-hydrogen) atoms. The molecule has 94 valence electrons. The van der Waals surface area contributed by atoms with E-state index in [1.54, 1.807) is 0 Å². The Morgan fingerprint density at radius 1 is 0.947 bits per heavy atom. The molecule has 0 radical (unpaired) electrons. The summed E-state index contributed by atoms with van der Waals surface area (Å²) in [4.78, 5) is 0. The fourth-order valence-electron chi connectivity index (χ4n) is 2.16. The highest BCUT2D eigenvalue weighted by atomic mass is 35.5. The predicted molar refractivity (Wildman–Crippen MR) is 78.1 cm³/mol. The van der Waals surface area contributed by atoms with Gasteiger partial charge in [-0.3, -0.25) is 0 Å². The minimum absolute atomic E-state index is 0.379. The van der Waals surface area contributed by atoms with Crippen molar-refractivity contribution in [3.63, 3.8) is 0 Å². The Labute approximate surface area is 117 Å². The largest absolute Gasteiger partial charge is 0.173 e. The summed E-state index contributed by atoms with van der Waals surface area (Å²) in [6.45, 7) is 2.06. The van der Waals surface area contributed by atoms with Crippen LogP contribution in [0.15, 0.2) is 70.9 Å². The van der Waals surface area contributed by atoms with E-state index in [9.17, 15) is 0 Å². The summed E-state index contributed by atoms with van der Waals surface area (Å²) in [6, 6.07) is 17.8. The molecule has 0 aromatic heterocycles. The van der Waals surface area contributed by atoms with Crippen LogP contribution < -0.4 is 0 Å². The lowest BCUT2D eigenvalue weighted by molar-refractivity contribution is 0.621. The number of halogens is 1. The van der Waals surface area contributed by atoms with Gasteiger partial charge in [0.2, 0.25) is 0 Å². The van der Waals surface area contributed by atoms with Crippen molar-refractivity contribution in [1.29, 1.82) is 0 Å². The molecule has 1 heterocycles. The van der Waals surface area contributed by atoms with Crippen LogP contribution in [0.4, 0.5) is 0 Å². The normalized spacial score (nSPS) is 21.5. The Morgan fingerprint density at radius 3 is 2.32 bits per heavy atom. The van der Waals surface area contributed by atoms with Gasteiger partial charge < -0.3 is 0 Å². The van der Waals surface area contributed by atoms with E-state index < -0.39 is 0 Å². The van der Waals surface area contributed by atoms with Crippen molar-refractivity contribution in [1.82, 2.24) is 0 Å². The van der Waals surface area contributed by atoms with E-state index in [0.29, 0.717) is 0 Å². The van der Waals surface area contributed by atoms with Gasteiger partial charge >= 0.3 is 0 Å². The molecule has 3 heteroatoms. The van der Waals surface area contributed by atoms with Gasteiger partial charge in [0.25, 0.3) is 0 Å². The highest BCUT2D eigenvalue weighted by Crippen LogP contribution is 2.37. The minimum Gasteiger partial charge on any atom is -0.173 e. The lowest BCUT2D eigenvalue weighted by atomic mass is 9.92. The Balaban J connectivity index is 1.98. The summed E-state index contributed by atoms with van der Waals surface area (Å²) >= 11 is 5.90. The van der Waals surface area contributed by atoms with E-state index in [4.69, 9.17) is 11.6 Å². The Hall–Kier alpha value is -1.93. The SMILES string of the molecule is CC1(c2ccccc2)C=C(c2ccc(Cl)cc2)N=N1. The maximum Gasteiger partial charge on any atom is 0.125 e. The third-order valence-electron chi connectivity index (χ3n) is 3.28. The maximum absolute atomic E-state index is 5.90. The molecular weight excluding hydrogens is 256 g/mol. The zero-order valence-electron chi connectivity index (χ0n) is 10.5. The van der Waals surface area contributed by atoms with Crippen LogP contribution in [0.5, 0.6) is 0 Å². The van der Waals surface area contributed by atoms with Gasteiger partial charge in [0.1, 0.15) is 5.54 Å². The van der Waals surface area contributed by atoms with Gasteiger partial charge in [0.15, 0.2) is 0 Å². The van der Waals surface area contributed by atoms with Crippen LogP contribution in [-0.2, 0) is 5.54 Å². The maximum atomic E-state index is 5.90. The summed E-state index contributed by atoms with van der Waals surface area (Å²) in [6.07, 6.45) is 2.09. The number of rotatable bonds is 2. The first-order valence-corrected chi connectivity index (χ1v) is 6.52. The van der Waals surface area contributed by atoms with Crippen molar-refractivity contribution in [3.05, 3.63) is 76.8 Å². The van der Waals surface area contributed by atoms with Gasteiger partial charge in [-0.05, 0) is 30.7 Å². The van der Waals surface area contributed by atoms with Crippen molar-refractivity contribution in [2.24, 2.45) is 10.2 Å². The molecule has 0 N–H and O–H groups in total. The Kier molecular flexibility index (Phi) is 2.96. The zero-order chi connectivity index (χ0) is 13.3. The van der Waals surface area contributed by atoms with Crippen LogP contribution in [-0.4, -0.2) is 0 Å². The first-order chi connectivity index (χ1) is 9.17. The second-order valence-electron chi connectivity index (χ2n) is 4.75. The highest BCUT2D eigenvalue weighted by molar-refractivity contribution is 6.30. The van der Waals surface area contributed by atoms with Crippen LogP contribution in [0.25, 0.3) is 5.70 Å². The monoisotopic (exact) mass is 268 g/mol. The van der Waals surface area contributed by atoms with Crippen molar-refractivity contribution >= 4 is 17.3 Å². The van der Waals surface area contributed by atoms with E-state index in [-0.39, 0.29) is 5.54 Å². The standard InChI is InChI=1S/C16H13ClN2/c1-16(13-5-3-2-4-6-13)11-15(18-19-16)12-7-9-14(17)10-8-12/h2-11H,1H3. The van der Waals surface area contributed by atoms with Gasteiger partial charge in [-0.2, -0.15) is 10.2 Å². The fourth-order valence-corrected chi connectivity index (χ4v) is 2.29. The molecule has 0 amide bonds. The average Bonchev–Trinajstić information content (AvgIpc) is 2.85. The molecule has 2 nitrogen and oxygen atoms in total. The Morgan fingerprint density at radius 2 is 1.63 bits per heavy atom. The van der Waals surface area contributed by atoms with Gasteiger partial charge in [0.05, 0.1) is 5.70 Å². The third-order valence-corrected chi connectivity index (χ3v) is 3.53. The van der Waals surface area contributed by atoms with E-state index in [2.05, 4.69) is 35.4 Å². The van der Waals surface area contributed by atoms with E-state index in [1.165, 1.54) is 0 Å². The molecule has 1 atom stereocenters. The second-order valence-corrected chi connectivity index (χ2v) is 5.19. The van der Waals surface area contributed by atoms with Crippen molar-refractivity contribution in [2.75, 3.05) is 0 Å². The van der Waals surface area contributed by atoms with Crippen LogP contribution >= 0.6 is 11.6 Å². The summed E-state index contributed by atoms with van der Waals surface area (Å²) < 4.78 is 0. The molecule has 1 unspecified atom stereocenters. The fraction of sp³-hybridized carbons (Fsp3) is 0.125. The third kappa shape index (κ3) is 2.32. The number of hydrogen-bond acceptors (Lipinski definition) is 2. The number of azo groups is 1. The lowest BCUT2D eigenvalue weighted by Gasteiger charge is -2.16. The van der Waals surface area contributed by atoms with E-state index >= 15 is 0 Å². The molecular formula is C16H13ClN2. The molecule has 0 spiro atoms. The van der Waals surface area contributed by atoms with Crippen LogP contribution in [0.2, 0.25) is 5.02 Å². The predicted octanol–water partition coefficient (Wildman–Crippen LogP) is 5.06. The van der Waals surface area contributed by atoms with Crippen LogP contribution in [0.1, 0.15) is 18.1 Å². The lowest BCUT2D eigenvalue weighted by Crippen LogP contribution is -2.12. The van der Waals surface area contributed by atoms with Crippen molar-refractivity contribution < 1.29 is 0 Å². The molecule has 2 aromatic carbocycles. The molecule has 0 bridgehead atoms. The molecule has 2 aromatic rings. The summed E-state index contributed by atoms with van der Waals surface area (Å²) in [5.41, 5.74) is 2.69. The number of hydrogen-bond donors (Lipinski definition) is 0. The summed E-state index contributed by atoms with van der Waals surface area (Å²) in [7, 11) is 0. The van der Waals surface area contributed by atoms with Gasteiger partial charge in [-0.1, -0.05) is 54.1 Å². The van der Waals surface area contributed by atoms with E-state index in [1.807, 2.05) is 42.5 Å². The molecule has 0 fully saturated rings. The molecule has 1 aliphatic heterocycles. The molecule has 3 rings (SSSR count). The van der Waals surface area contributed by atoms with Gasteiger partial charge in [-0.25, -0.2) is 0 Å². The summed E-state index contributed by atoms with van der Waals surface area (Å²) in [5.74, 6) is 0. The van der Waals surface area contributed by atoms with Gasteiger partial charge in [-0.15, -0.1) is 0 Å². The molecule has 0 saturated heterocycles. The Bertz CT molecular complexity index is 644. The molecule has 1 aliphatic rings. The van der Waals surface area contributed by atoms with Crippen LogP contribution in [0, 0.1) is 0 Å². The van der Waals surface area contributed by atoms with Crippen molar-refractivity contribution in [3.8, 4) is 0 Å². The first-order valence-electron chi connectivity index (χ1n) is 6.15. The molecule has 0 aliphatic carbocycles. The topological polar surface area (TPSA) is 24.7 Å². The van der Waals surface area contributed by atoms with Crippen molar-refractivity contribution in [2.45, 2.75) is 12.5 Å². The van der Waals surface area contributed by atoms with E-state index in [0.717, 1.165) is 21.8 Å². The first kappa shape index (κ1) is 12.1. The number of benzene rings is 2. The molecule has 0 saturated carbocycles. The van der Waals surface area contributed by atoms with Gasteiger partial charge in [0, 0.05) is 10.6 Å². The smallest absolute Gasteiger partial charge is 0.125 e. The average molecular weight is 269 g/mol. The minimum atomic E-state index is -0.379. The number of nitrogens with zero attached hydrogens (tertiary/aromatic N) is 2. The highest BCUT2D eigenvalue weighted by Gasteiger charge is 2.28. The zero-order valence-corrected chi connectivity index (χ0v) is 11.3. The quantitative estimate of drug-likeness (QED) is 0.727. The van der Waals surface area contributed by atoms with Crippen LogP contribution in [0.3, 0.4) is 0 Å². The second kappa shape index (κ2) is 4.63. The summed E-state index contributed by atoms with van der Waals surface area (Å²) in [5, 5.41) is 9.45.